The van der Waals surface area contributed by atoms with Crippen molar-refractivity contribution < 1.29 is 23.1 Å². The Morgan fingerprint density at radius 3 is 2.31 bits per heavy atom. The minimum Gasteiger partial charge on any atom is -0.475 e. The van der Waals surface area contributed by atoms with Gasteiger partial charge in [-0.3, -0.25) is 0 Å². The number of carboxylic acid groups (broad SMARTS) is 1. The first-order chi connectivity index (χ1) is 18.6. The lowest BCUT2D eigenvalue weighted by molar-refractivity contribution is -0.192. The highest BCUT2D eigenvalue weighted by molar-refractivity contribution is 7.99. The van der Waals surface area contributed by atoms with Crippen molar-refractivity contribution >= 4 is 35.4 Å². The minimum atomic E-state index is -5.08. The molecule has 2 aromatic heterocycles. The fraction of sp³-hybridized carbons (Fsp3) is 0.423. The van der Waals surface area contributed by atoms with Crippen molar-refractivity contribution in [3.05, 3.63) is 65.6 Å². The molecule has 13 heteroatoms. The predicted octanol–water partition coefficient (Wildman–Crippen LogP) is 4.52. The number of alkyl halides is 3. The summed E-state index contributed by atoms with van der Waals surface area (Å²) in [4.78, 5) is 29.4. The van der Waals surface area contributed by atoms with E-state index in [2.05, 4.69) is 71.9 Å². The van der Waals surface area contributed by atoms with Gasteiger partial charge in [-0.1, -0.05) is 30.3 Å². The smallest absolute Gasteiger partial charge is 0.475 e. The highest BCUT2D eigenvalue weighted by Gasteiger charge is 2.44. The molecule has 2 fully saturated rings. The van der Waals surface area contributed by atoms with E-state index in [4.69, 9.17) is 9.90 Å². The van der Waals surface area contributed by atoms with Gasteiger partial charge in [0.15, 0.2) is 0 Å². The lowest BCUT2D eigenvalue weighted by Gasteiger charge is -2.27. The van der Waals surface area contributed by atoms with Crippen molar-refractivity contribution in [1.29, 1.82) is 0 Å². The molecule has 39 heavy (non-hydrogen) atoms. The van der Waals surface area contributed by atoms with Crippen LogP contribution in [-0.2, 0) is 16.8 Å². The second kappa shape index (κ2) is 12.5. The average Bonchev–Trinajstić information content (AvgIpc) is 3.73. The third-order valence-electron chi connectivity index (χ3n) is 6.41. The molecular formula is C26H30F3N7O2S. The Balaban J connectivity index is 0.000000448. The predicted molar refractivity (Wildman–Crippen MR) is 145 cm³/mol. The van der Waals surface area contributed by atoms with Crippen LogP contribution in [0.1, 0.15) is 29.8 Å². The summed E-state index contributed by atoms with van der Waals surface area (Å²) in [6, 6.07) is 14.9. The molecule has 0 spiro atoms. The summed E-state index contributed by atoms with van der Waals surface area (Å²) in [5.41, 5.74) is 2.76. The standard InChI is InChI=1S/C24H29N7S.C2HF3O2/c1-18-28-22(26-16-19-7-10-25-21(15-19)31-11-13-32-14-12-31)30-23(29-18)27-17-24(8-9-24)20-5-3-2-4-6-20;3-2(4,5)1(6)7/h2-7,10,15H,8-9,11-14,16-17H2,1H3,(H2,26,27,28,29,30);(H,6,7). The largest absolute Gasteiger partial charge is 0.490 e. The Bertz CT molecular complexity index is 1250. The van der Waals surface area contributed by atoms with Gasteiger partial charge >= 0.3 is 12.1 Å². The van der Waals surface area contributed by atoms with Crippen LogP contribution in [-0.4, -0.2) is 68.3 Å². The second-order valence-corrected chi connectivity index (χ2v) is 10.5. The zero-order valence-electron chi connectivity index (χ0n) is 21.4. The number of aryl methyl sites for hydroxylation is 1. The van der Waals surface area contributed by atoms with Crippen LogP contribution in [0.4, 0.5) is 30.9 Å². The number of hydrogen-bond donors (Lipinski definition) is 3. The maximum Gasteiger partial charge on any atom is 0.490 e. The van der Waals surface area contributed by atoms with Gasteiger partial charge in [0, 0.05) is 49.3 Å². The second-order valence-electron chi connectivity index (χ2n) is 9.31. The van der Waals surface area contributed by atoms with E-state index < -0.39 is 12.1 Å². The number of nitrogens with one attached hydrogen (secondary N) is 2. The van der Waals surface area contributed by atoms with Crippen molar-refractivity contribution in [2.45, 2.75) is 37.9 Å². The number of anilines is 3. The molecule has 1 saturated heterocycles. The number of rotatable bonds is 8. The van der Waals surface area contributed by atoms with Crippen LogP contribution in [0.5, 0.6) is 0 Å². The quantitative estimate of drug-likeness (QED) is 0.363. The number of pyridine rings is 1. The molecule has 1 aromatic carbocycles. The molecule has 0 radical (unpaired) electrons. The summed E-state index contributed by atoms with van der Waals surface area (Å²) < 4.78 is 31.7. The number of nitrogens with zero attached hydrogens (tertiary/aromatic N) is 5. The van der Waals surface area contributed by atoms with Crippen molar-refractivity contribution in [1.82, 2.24) is 19.9 Å². The summed E-state index contributed by atoms with van der Waals surface area (Å²) >= 11 is 2.01. The Morgan fingerprint density at radius 1 is 1.05 bits per heavy atom. The zero-order chi connectivity index (χ0) is 27.9. The van der Waals surface area contributed by atoms with Crippen LogP contribution in [0.15, 0.2) is 48.7 Å². The first kappa shape index (κ1) is 28.4. The lowest BCUT2D eigenvalue weighted by Crippen LogP contribution is -2.33. The van der Waals surface area contributed by atoms with Crippen molar-refractivity contribution in [3.8, 4) is 0 Å². The number of hydrogen-bond acceptors (Lipinski definition) is 9. The average molecular weight is 562 g/mol. The van der Waals surface area contributed by atoms with E-state index >= 15 is 0 Å². The van der Waals surface area contributed by atoms with Crippen molar-refractivity contribution in [2.75, 3.05) is 46.7 Å². The molecule has 3 N–H and O–H groups in total. The maximum atomic E-state index is 10.6. The van der Waals surface area contributed by atoms with E-state index in [9.17, 15) is 13.2 Å². The number of carboxylic acids is 1. The SMILES string of the molecule is Cc1nc(NCc2ccnc(N3CCSCC3)c2)nc(NCC2(c3ccccc3)CC2)n1.O=C(O)C(F)(F)F. The van der Waals surface area contributed by atoms with Gasteiger partial charge < -0.3 is 20.6 Å². The number of thioether (sulfide) groups is 1. The van der Waals surface area contributed by atoms with Gasteiger partial charge in [0.25, 0.3) is 0 Å². The molecule has 1 aliphatic heterocycles. The summed E-state index contributed by atoms with van der Waals surface area (Å²) in [6.07, 6.45) is -0.809. The van der Waals surface area contributed by atoms with E-state index in [1.165, 1.54) is 24.0 Å². The highest BCUT2D eigenvalue weighted by Crippen LogP contribution is 2.47. The molecule has 5 rings (SSSR count). The first-order valence-corrected chi connectivity index (χ1v) is 13.6. The molecule has 3 heterocycles. The van der Waals surface area contributed by atoms with Gasteiger partial charge in [0.1, 0.15) is 11.6 Å². The van der Waals surface area contributed by atoms with Gasteiger partial charge in [0.2, 0.25) is 11.9 Å². The normalized spacial score (nSPS) is 16.1. The number of benzene rings is 1. The number of carbonyl (C=O) groups is 1. The van der Waals surface area contributed by atoms with E-state index in [0.29, 0.717) is 24.3 Å². The van der Waals surface area contributed by atoms with Crippen LogP contribution in [0.2, 0.25) is 0 Å². The topological polar surface area (TPSA) is 116 Å². The fourth-order valence-electron chi connectivity index (χ4n) is 4.12. The molecule has 0 atom stereocenters. The van der Waals surface area contributed by atoms with Crippen LogP contribution < -0.4 is 15.5 Å². The van der Waals surface area contributed by atoms with Crippen LogP contribution in [0.3, 0.4) is 0 Å². The maximum absolute atomic E-state index is 10.6. The van der Waals surface area contributed by atoms with E-state index in [1.807, 2.05) is 30.9 Å². The number of aromatic nitrogens is 4. The molecule has 3 aromatic rings. The Labute approximate surface area is 228 Å². The van der Waals surface area contributed by atoms with Gasteiger partial charge in [-0.05, 0) is 43.0 Å². The van der Waals surface area contributed by atoms with E-state index in [1.54, 1.807) is 0 Å². The Morgan fingerprint density at radius 2 is 1.69 bits per heavy atom. The van der Waals surface area contributed by atoms with Crippen LogP contribution in [0, 0.1) is 6.92 Å². The monoisotopic (exact) mass is 561 g/mol. The summed E-state index contributed by atoms with van der Waals surface area (Å²) in [5, 5.41) is 13.9. The molecule has 2 aliphatic rings. The van der Waals surface area contributed by atoms with Crippen molar-refractivity contribution in [3.63, 3.8) is 0 Å². The summed E-state index contributed by atoms with van der Waals surface area (Å²) in [5.74, 6) is 2.55. The molecule has 1 saturated carbocycles. The summed E-state index contributed by atoms with van der Waals surface area (Å²) in [6.45, 7) is 5.50. The third kappa shape index (κ3) is 8.19. The fourth-order valence-corrected chi connectivity index (χ4v) is 5.02. The Hall–Kier alpha value is -3.61. The molecule has 0 amide bonds. The lowest BCUT2D eigenvalue weighted by atomic mass is 9.96. The van der Waals surface area contributed by atoms with E-state index in [-0.39, 0.29) is 5.41 Å². The molecule has 1 aliphatic carbocycles. The summed E-state index contributed by atoms with van der Waals surface area (Å²) in [7, 11) is 0. The van der Waals surface area contributed by atoms with Gasteiger partial charge in [0.05, 0.1) is 0 Å². The van der Waals surface area contributed by atoms with Crippen molar-refractivity contribution in [2.24, 2.45) is 0 Å². The highest BCUT2D eigenvalue weighted by atomic mass is 32.2. The third-order valence-corrected chi connectivity index (χ3v) is 7.35. The van der Waals surface area contributed by atoms with E-state index in [0.717, 1.165) is 37.0 Å². The Kier molecular flexibility index (Phi) is 9.10. The van der Waals surface area contributed by atoms with Gasteiger partial charge in [-0.15, -0.1) is 0 Å². The van der Waals surface area contributed by atoms with Gasteiger partial charge in [-0.25, -0.2) is 9.78 Å². The molecule has 0 bridgehead atoms. The molecule has 0 unspecified atom stereocenters. The first-order valence-electron chi connectivity index (χ1n) is 12.5. The number of halogens is 3. The molecule has 208 valence electrons. The van der Waals surface area contributed by atoms with Gasteiger partial charge in [-0.2, -0.15) is 39.9 Å². The van der Waals surface area contributed by atoms with Crippen LogP contribution >= 0.6 is 11.8 Å². The zero-order valence-corrected chi connectivity index (χ0v) is 22.2. The number of aliphatic carboxylic acids is 1. The minimum absolute atomic E-state index is 0.204. The molecule has 9 nitrogen and oxygen atoms in total. The molecular weight excluding hydrogens is 531 g/mol. The van der Waals surface area contributed by atoms with Crippen LogP contribution in [0.25, 0.3) is 0 Å².